The van der Waals surface area contributed by atoms with Gasteiger partial charge in [0.15, 0.2) is 0 Å². The lowest BCUT2D eigenvalue weighted by Crippen LogP contribution is -2.35. The van der Waals surface area contributed by atoms with E-state index in [-0.39, 0.29) is 12.5 Å². The molecule has 0 aliphatic rings. The van der Waals surface area contributed by atoms with Crippen molar-refractivity contribution in [2.75, 3.05) is 20.8 Å². The highest BCUT2D eigenvalue weighted by Crippen LogP contribution is 2.07. The number of nitrogens with zero attached hydrogens (tertiary/aromatic N) is 1. The van der Waals surface area contributed by atoms with Crippen LogP contribution in [0.15, 0.2) is 24.3 Å². The van der Waals surface area contributed by atoms with Crippen molar-refractivity contribution < 1.29 is 14.6 Å². The van der Waals surface area contributed by atoms with E-state index in [9.17, 15) is 4.79 Å². The molecule has 1 unspecified atom stereocenters. The third-order valence-electron chi connectivity index (χ3n) is 2.76. The Morgan fingerprint density at radius 2 is 2.05 bits per heavy atom. The number of likely N-dealkylation sites (N-methyl/N-ethyl adjacent to an activating group) is 1. The maximum absolute atomic E-state index is 11.8. The highest BCUT2D eigenvalue weighted by atomic mass is 16.5. The predicted molar refractivity (Wildman–Crippen MR) is 73.4 cm³/mol. The van der Waals surface area contributed by atoms with Crippen LogP contribution in [-0.4, -0.2) is 42.8 Å². The monoisotopic (exact) mass is 261 g/mol. The first-order valence-electron chi connectivity index (χ1n) is 6.05. The van der Waals surface area contributed by atoms with Gasteiger partial charge in [0, 0.05) is 26.3 Å². The lowest BCUT2D eigenvalue weighted by molar-refractivity contribution is -0.140. The minimum absolute atomic E-state index is 0.0494. The second-order valence-electron chi connectivity index (χ2n) is 4.23. The van der Waals surface area contributed by atoms with Crippen LogP contribution >= 0.6 is 0 Å². The fourth-order valence-corrected chi connectivity index (χ4v) is 1.60. The van der Waals surface area contributed by atoms with E-state index in [1.807, 2.05) is 24.3 Å². The number of hydrogen-bond donors (Lipinski definition) is 1. The Kier molecular flexibility index (Phi) is 6.07. The summed E-state index contributed by atoms with van der Waals surface area (Å²) in [4.78, 5) is 13.5. The molecule has 0 aromatic heterocycles. The summed E-state index contributed by atoms with van der Waals surface area (Å²) in [5, 5.41) is 8.61. The summed E-state index contributed by atoms with van der Waals surface area (Å²) >= 11 is 0. The summed E-state index contributed by atoms with van der Waals surface area (Å²) in [6, 6.07) is 7.58. The van der Waals surface area contributed by atoms with Crippen molar-refractivity contribution in [3.05, 3.63) is 35.4 Å². The minimum Gasteiger partial charge on any atom is -0.384 e. The van der Waals surface area contributed by atoms with Gasteiger partial charge in [0.25, 0.3) is 5.91 Å². The maximum atomic E-state index is 11.8. The summed E-state index contributed by atoms with van der Waals surface area (Å²) in [5.41, 5.74) is 1.87. The fraction of sp³-hybridized carbons (Fsp3) is 0.400. The zero-order valence-electron chi connectivity index (χ0n) is 11.5. The minimum atomic E-state index is -0.431. The number of carbonyl (C=O) groups excluding carboxylic acids is 1. The van der Waals surface area contributed by atoms with E-state index in [4.69, 9.17) is 9.84 Å². The molecular formula is C15H19NO3. The molecule has 0 radical (unpaired) electrons. The van der Waals surface area contributed by atoms with Crippen LogP contribution in [0.5, 0.6) is 0 Å². The molecule has 0 aliphatic carbocycles. The molecule has 0 aliphatic heterocycles. The van der Waals surface area contributed by atoms with Gasteiger partial charge in [-0.25, -0.2) is 0 Å². The van der Waals surface area contributed by atoms with Crippen LogP contribution in [0.4, 0.5) is 0 Å². The first kappa shape index (κ1) is 15.2. The molecule has 1 rings (SSSR count). The number of benzene rings is 1. The van der Waals surface area contributed by atoms with Crippen molar-refractivity contribution >= 4 is 5.91 Å². The Bertz CT molecular complexity index is 470. The Morgan fingerprint density at radius 3 is 2.58 bits per heavy atom. The molecule has 4 heteroatoms. The highest BCUT2D eigenvalue weighted by molar-refractivity contribution is 5.80. The Morgan fingerprint density at radius 1 is 1.42 bits per heavy atom. The molecule has 1 N–H and O–H groups in total. The van der Waals surface area contributed by atoms with Gasteiger partial charge in [0.05, 0.1) is 0 Å². The van der Waals surface area contributed by atoms with Crippen LogP contribution in [-0.2, 0) is 16.1 Å². The summed E-state index contributed by atoms with van der Waals surface area (Å²) in [6.07, 6.45) is -0.431. The molecule has 1 atom stereocenters. The van der Waals surface area contributed by atoms with Gasteiger partial charge in [0.1, 0.15) is 12.7 Å². The van der Waals surface area contributed by atoms with E-state index in [2.05, 4.69) is 11.8 Å². The number of ether oxygens (including phenoxy) is 1. The van der Waals surface area contributed by atoms with Crippen molar-refractivity contribution in [1.29, 1.82) is 0 Å². The molecule has 0 spiro atoms. The van der Waals surface area contributed by atoms with Crippen LogP contribution in [0.2, 0.25) is 0 Å². The van der Waals surface area contributed by atoms with Gasteiger partial charge in [-0.3, -0.25) is 4.79 Å². The summed E-state index contributed by atoms with van der Waals surface area (Å²) in [5.74, 6) is 5.37. The number of aliphatic hydroxyl groups is 1. The second kappa shape index (κ2) is 7.57. The van der Waals surface area contributed by atoms with E-state index in [1.165, 1.54) is 7.11 Å². The molecule has 102 valence electrons. The molecule has 1 amide bonds. The molecule has 1 aromatic rings. The highest BCUT2D eigenvalue weighted by Gasteiger charge is 2.16. The molecular weight excluding hydrogens is 242 g/mol. The van der Waals surface area contributed by atoms with E-state index in [0.717, 1.165) is 11.1 Å². The van der Waals surface area contributed by atoms with Gasteiger partial charge < -0.3 is 14.7 Å². The van der Waals surface area contributed by atoms with E-state index in [1.54, 1.807) is 18.9 Å². The van der Waals surface area contributed by atoms with Gasteiger partial charge in [-0.1, -0.05) is 24.0 Å². The fourth-order valence-electron chi connectivity index (χ4n) is 1.60. The van der Waals surface area contributed by atoms with Crippen LogP contribution in [0.1, 0.15) is 18.1 Å². The van der Waals surface area contributed by atoms with Gasteiger partial charge in [0.2, 0.25) is 0 Å². The van der Waals surface area contributed by atoms with Crippen molar-refractivity contribution in [1.82, 2.24) is 4.90 Å². The predicted octanol–water partition coefficient (Wildman–Crippen LogP) is 1.02. The van der Waals surface area contributed by atoms with Gasteiger partial charge >= 0.3 is 0 Å². The normalized spacial score (nSPS) is 11.4. The van der Waals surface area contributed by atoms with Crippen molar-refractivity contribution in [2.24, 2.45) is 0 Å². The number of methoxy groups -OCH3 is 1. The van der Waals surface area contributed by atoms with E-state index in [0.29, 0.717) is 6.54 Å². The van der Waals surface area contributed by atoms with Gasteiger partial charge in [-0.05, 0) is 24.6 Å². The third kappa shape index (κ3) is 4.74. The Hall–Kier alpha value is -1.83. The topological polar surface area (TPSA) is 49.8 Å². The quantitative estimate of drug-likeness (QED) is 0.823. The lowest BCUT2D eigenvalue weighted by atomic mass is 10.1. The SMILES string of the molecule is COC(C)C(=O)N(C)Cc1ccc(C#CCO)cc1. The molecule has 0 bridgehead atoms. The first-order chi connectivity index (χ1) is 9.08. The second-order valence-corrected chi connectivity index (χ2v) is 4.23. The number of carbonyl (C=O) groups is 1. The first-order valence-corrected chi connectivity index (χ1v) is 6.05. The van der Waals surface area contributed by atoms with Crippen molar-refractivity contribution in [3.8, 4) is 11.8 Å². The van der Waals surface area contributed by atoms with Gasteiger partial charge in [-0.2, -0.15) is 0 Å². The zero-order valence-corrected chi connectivity index (χ0v) is 11.5. The average molecular weight is 261 g/mol. The van der Waals surface area contributed by atoms with Crippen LogP contribution in [0, 0.1) is 11.8 Å². The van der Waals surface area contributed by atoms with Crippen molar-refractivity contribution in [3.63, 3.8) is 0 Å². The smallest absolute Gasteiger partial charge is 0.251 e. The summed E-state index contributed by atoms with van der Waals surface area (Å²) in [6.45, 7) is 2.11. The number of rotatable bonds is 4. The number of aliphatic hydroxyl groups excluding tert-OH is 1. The Balaban J connectivity index is 2.65. The molecule has 0 fully saturated rings. The van der Waals surface area contributed by atoms with Crippen molar-refractivity contribution in [2.45, 2.75) is 19.6 Å². The molecule has 1 aromatic carbocycles. The lowest BCUT2D eigenvalue weighted by Gasteiger charge is -2.20. The average Bonchev–Trinajstić information content (AvgIpc) is 2.44. The van der Waals surface area contributed by atoms with Gasteiger partial charge in [-0.15, -0.1) is 0 Å². The third-order valence-corrected chi connectivity index (χ3v) is 2.76. The Labute approximate surface area is 114 Å². The standard InChI is InChI=1S/C15H19NO3/c1-12(19-3)15(18)16(2)11-14-8-6-13(7-9-14)5-4-10-17/h6-9,12,17H,10-11H2,1-3H3. The number of amides is 1. The van der Waals surface area contributed by atoms with Crippen LogP contribution in [0.25, 0.3) is 0 Å². The maximum Gasteiger partial charge on any atom is 0.251 e. The van der Waals surface area contributed by atoms with Crippen LogP contribution < -0.4 is 0 Å². The largest absolute Gasteiger partial charge is 0.384 e. The molecule has 0 saturated heterocycles. The van der Waals surface area contributed by atoms with E-state index >= 15 is 0 Å². The summed E-state index contributed by atoms with van der Waals surface area (Å²) in [7, 11) is 3.27. The number of hydrogen-bond acceptors (Lipinski definition) is 3. The summed E-state index contributed by atoms with van der Waals surface area (Å²) < 4.78 is 5.00. The molecule has 19 heavy (non-hydrogen) atoms. The molecule has 4 nitrogen and oxygen atoms in total. The zero-order chi connectivity index (χ0) is 14.3. The molecule has 0 heterocycles. The molecule has 0 saturated carbocycles. The van der Waals surface area contributed by atoms with E-state index < -0.39 is 6.10 Å². The van der Waals surface area contributed by atoms with Crippen LogP contribution in [0.3, 0.4) is 0 Å².